The quantitative estimate of drug-likeness (QED) is 0.399. The van der Waals surface area contributed by atoms with Crippen molar-refractivity contribution in [3.8, 4) is 11.4 Å². The first-order valence-corrected chi connectivity index (χ1v) is 12.0. The number of aromatic nitrogens is 4. The Kier molecular flexibility index (Phi) is 7.20. The van der Waals surface area contributed by atoms with Crippen LogP contribution in [0.5, 0.6) is 0 Å². The first-order valence-electron chi connectivity index (χ1n) is 11.1. The van der Waals surface area contributed by atoms with E-state index in [9.17, 15) is 18.4 Å². The van der Waals surface area contributed by atoms with E-state index in [-0.39, 0.29) is 11.5 Å². The van der Waals surface area contributed by atoms with E-state index in [4.69, 9.17) is 0 Å². The van der Waals surface area contributed by atoms with Gasteiger partial charge in [-0.25, -0.2) is 8.78 Å². The fraction of sp³-hybridized carbons (Fsp3) is 0.240. The topological polar surface area (TPSA) is 93.0 Å². The van der Waals surface area contributed by atoms with Gasteiger partial charge in [-0.05, 0) is 73.8 Å². The number of hydrogen-bond donors (Lipinski definition) is 1. The number of halogens is 2. The second kappa shape index (κ2) is 10.3. The number of hydrogen-bond acceptors (Lipinski definition) is 6. The maximum Gasteiger partial charge on any atom is 0.251 e. The van der Waals surface area contributed by atoms with Crippen LogP contribution in [-0.4, -0.2) is 37.6 Å². The number of carbonyl (C=O) groups is 2. The van der Waals surface area contributed by atoms with Crippen LogP contribution in [0.1, 0.15) is 31.7 Å². The molecule has 8 nitrogen and oxygen atoms in total. The van der Waals surface area contributed by atoms with Gasteiger partial charge in [-0.3, -0.25) is 14.5 Å². The lowest BCUT2D eigenvalue weighted by Crippen LogP contribution is -2.50. The van der Waals surface area contributed by atoms with E-state index < -0.39 is 41.6 Å². The number of anilines is 1. The molecule has 11 heteroatoms. The molecule has 0 saturated heterocycles. The maximum atomic E-state index is 15.0. The smallest absolute Gasteiger partial charge is 0.251 e. The average Bonchev–Trinajstić information content (AvgIpc) is 3.50. The minimum atomic E-state index is -1.13. The molecule has 1 atom stereocenters. The van der Waals surface area contributed by atoms with E-state index >= 15 is 0 Å². The Labute approximate surface area is 210 Å². The number of amides is 2. The second-order valence-electron chi connectivity index (χ2n) is 9.02. The standard InChI is InChI=1S/C25H24F2N6O2S/c1-25(2,3)28-24(35)22(20-9-6-14-36-20)33(19-8-5-4-7-18(19)27)21(34)15-32-30-23(29-31-32)16-10-12-17(26)13-11-16/h4-14,22H,15H2,1-3H3,(H,28,35)/t22-/m1/s1. The van der Waals surface area contributed by atoms with Gasteiger partial charge in [0.1, 0.15) is 24.2 Å². The molecular weight excluding hydrogens is 486 g/mol. The minimum absolute atomic E-state index is 0.0520. The SMILES string of the molecule is CC(C)(C)NC(=O)[C@@H](c1cccs1)N(C(=O)Cn1nnc(-c2ccc(F)cc2)n1)c1ccccc1F. The highest BCUT2D eigenvalue weighted by molar-refractivity contribution is 7.10. The van der Waals surface area contributed by atoms with Crippen LogP contribution in [0.15, 0.2) is 66.0 Å². The number of rotatable bonds is 7. The van der Waals surface area contributed by atoms with Gasteiger partial charge in [-0.15, -0.1) is 21.5 Å². The highest BCUT2D eigenvalue weighted by atomic mass is 32.1. The predicted octanol–water partition coefficient (Wildman–Crippen LogP) is 4.37. The molecule has 4 rings (SSSR count). The molecular formula is C25H24F2N6O2S. The lowest BCUT2D eigenvalue weighted by atomic mass is 10.1. The molecule has 186 valence electrons. The molecule has 36 heavy (non-hydrogen) atoms. The molecule has 2 amide bonds. The molecule has 0 saturated carbocycles. The van der Waals surface area contributed by atoms with Crippen LogP contribution in [0, 0.1) is 11.6 Å². The summed E-state index contributed by atoms with van der Waals surface area (Å²) in [6.07, 6.45) is 0. The molecule has 2 aromatic carbocycles. The van der Waals surface area contributed by atoms with E-state index in [1.54, 1.807) is 23.6 Å². The Morgan fingerprint density at radius 2 is 1.78 bits per heavy atom. The number of tetrazole rings is 1. The third-order valence-corrected chi connectivity index (χ3v) is 5.95. The Hall–Kier alpha value is -3.99. The molecule has 0 radical (unpaired) electrons. The highest BCUT2D eigenvalue weighted by Crippen LogP contribution is 2.33. The normalized spacial score (nSPS) is 12.2. The molecule has 4 aromatic rings. The van der Waals surface area contributed by atoms with Crippen LogP contribution in [0.3, 0.4) is 0 Å². The van der Waals surface area contributed by atoms with Gasteiger partial charge in [0.05, 0.1) is 5.69 Å². The molecule has 0 aliphatic carbocycles. The number of carbonyl (C=O) groups excluding carboxylic acids is 2. The molecule has 0 aliphatic rings. The van der Waals surface area contributed by atoms with Crippen molar-refractivity contribution in [2.45, 2.75) is 38.9 Å². The highest BCUT2D eigenvalue weighted by Gasteiger charge is 2.36. The number of benzene rings is 2. The Bertz CT molecular complexity index is 1350. The summed E-state index contributed by atoms with van der Waals surface area (Å²) in [6.45, 7) is 5.05. The van der Waals surface area contributed by atoms with Crippen LogP contribution in [0.4, 0.5) is 14.5 Å². The van der Waals surface area contributed by atoms with Gasteiger partial charge in [0.25, 0.3) is 5.91 Å². The largest absolute Gasteiger partial charge is 0.349 e. The van der Waals surface area contributed by atoms with Crippen LogP contribution >= 0.6 is 11.3 Å². The maximum absolute atomic E-state index is 15.0. The summed E-state index contributed by atoms with van der Waals surface area (Å²) in [4.78, 5) is 29.9. The monoisotopic (exact) mass is 510 g/mol. The van der Waals surface area contributed by atoms with E-state index in [2.05, 4.69) is 20.7 Å². The van der Waals surface area contributed by atoms with Gasteiger partial charge < -0.3 is 5.32 Å². The summed E-state index contributed by atoms with van der Waals surface area (Å²) in [5.74, 6) is -1.95. The van der Waals surface area contributed by atoms with Crippen LogP contribution in [0.2, 0.25) is 0 Å². The second-order valence-corrected chi connectivity index (χ2v) is 10.0. The first kappa shape index (κ1) is 25.1. The molecule has 1 N–H and O–H groups in total. The molecule has 2 aromatic heterocycles. The van der Waals surface area contributed by atoms with E-state index in [1.165, 1.54) is 53.8 Å². The van der Waals surface area contributed by atoms with Gasteiger partial charge >= 0.3 is 0 Å². The fourth-order valence-corrected chi connectivity index (χ4v) is 4.36. The predicted molar refractivity (Wildman–Crippen MR) is 132 cm³/mol. The summed E-state index contributed by atoms with van der Waals surface area (Å²) in [7, 11) is 0. The Balaban J connectivity index is 1.71. The van der Waals surface area contributed by atoms with Crippen molar-refractivity contribution in [1.82, 2.24) is 25.5 Å². The van der Waals surface area contributed by atoms with Gasteiger partial charge in [0.15, 0.2) is 0 Å². The Morgan fingerprint density at radius 3 is 2.42 bits per heavy atom. The summed E-state index contributed by atoms with van der Waals surface area (Å²) in [5.41, 5.74) is -0.125. The molecule has 0 unspecified atom stereocenters. The average molecular weight is 511 g/mol. The first-order chi connectivity index (χ1) is 17.1. The van der Waals surface area contributed by atoms with Crippen molar-refractivity contribution in [1.29, 1.82) is 0 Å². The summed E-state index contributed by atoms with van der Waals surface area (Å²) < 4.78 is 28.2. The van der Waals surface area contributed by atoms with Crippen LogP contribution in [-0.2, 0) is 16.1 Å². The lowest BCUT2D eigenvalue weighted by molar-refractivity contribution is -0.128. The molecule has 2 heterocycles. The molecule has 0 spiro atoms. The number of nitrogens with zero attached hydrogens (tertiary/aromatic N) is 5. The zero-order chi connectivity index (χ0) is 25.9. The van der Waals surface area contributed by atoms with Crippen molar-refractivity contribution < 1.29 is 18.4 Å². The third kappa shape index (κ3) is 5.80. The van der Waals surface area contributed by atoms with Gasteiger partial charge in [-0.1, -0.05) is 18.2 Å². The Morgan fingerprint density at radius 1 is 1.06 bits per heavy atom. The summed E-state index contributed by atoms with van der Waals surface area (Å²) in [5, 5.41) is 16.7. The summed E-state index contributed by atoms with van der Waals surface area (Å²) in [6, 6.07) is 13.6. The van der Waals surface area contributed by atoms with E-state index in [0.29, 0.717) is 10.4 Å². The van der Waals surface area contributed by atoms with Gasteiger partial charge in [-0.2, -0.15) is 4.80 Å². The van der Waals surface area contributed by atoms with E-state index in [1.807, 2.05) is 20.8 Å². The van der Waals surface area contributed by atoms with Crippen molar-refractivity contribution in [3.63, 3.8) is 0 Å². The van der Waals surface area contributed by atoms with Crippen molar-refractivity contribution in [3.05, 3.63) is 82.6 Å². The fourth-order valence-electron chi connectivity index (χ4n) is 3.54. The zero-order valence-corrected chi connectivity index (χ0v) is 20.7. The number of para-hydroxylation sites is 1. The van der Waals surface area contributed by atoms with Crippen LogP contribution in [0.25, 0.3) is 11.4 Å². The van der Waals surface area contributed by atoms with E-state index in [0.717, 1.165) is 9.70 Å². The van der Waals surface area contributed by atoms with Gasteiger partial charge in [0, 0.05) is 16.0 Å². The van der Waals surface area contributed by atoms with Gasteiger partial charge in [0.2, 0.25) is 11.7 Å². The van der Waals surface area contributed by atoms with Crippen molar-refractivity contribution >= 4 is 28.8 Å². The number of thiophene rings is 1. The molecule has 0 fully saturated rings. The van der Waals surface area contributed by atoms with Crippen molar-refractivity contribution in [2.75, 3.05) is 4.90 Å². The molecule has 0 bridgehead atoms. The van der Waals surface area contributed by atoms with Crippen LogP contribution < -0.4 is 10.2 Å². The zero-order valence-electron chi connectivity index (χ0n) is 19.9. The lowest BCUT2D eigenvalue weighted by Gasteiger charge is -2.33. The molecule has 0 aliphatic heterocycles. The summed E-state index contributed by atoms with van der Waals surface area (Å²) >= 11 is 1.28. The third-order valence-electron chi connectivity index (χ3n) is 5.03. The number of nitrogens with one attached hydrogen (secondary N) is 1. The minimum Gasteiger partial charge on any atom is -0.349 e. The van der Waals surface area contributed by atoms with Crippen molar-refractivity contribution in [2.24, 2.45) is 0 Å².